The molecule has 1 aromatic rings. The van der Waals surface area contributed by atoms with Crippen molar-refractivity contribution in [1.29, 1.82) is 5.26 Å². The Morgan fingerprint density at radius 1 is 1.25 bits per heavy atom. The van der Waals surface area contributed by atoms with Crippen LogP contribution in [-0.4, -0.2) is 34.4 Å². The summed E-state index contributed by atoms with van der Waals surface area (Å²) in [6.45, 7) is -0.227. The summed E-state index contributed by atoms with van der Waals surface area (Å²) in [6, 6.07) is 11.8. The van der Waals surface area contributed by atoms with Crippen LogP contribution in [0.1, 0.15) is 11.5 Å². The zero-order valence-electron chi connectivity index (χ0n) is 8.91. The summed E-state index contributed by atoms with van der Waals surface area (Å²) in [6.07, 6.45) is -0.694. The Kier molecular flexibility index (Phi) is 5.94. The summed E-state index contributed by atoms with van der Waals surface area (Å²) in [5.74, 6) is 0.941. The van der Waals surface area contributed by atoms with E-state index in [2.05, 4.69) is 6.07 Å². The summed E-state index contributed by atoms with van der Waals surface area (Å²) in [5.41, 5.74) is 0.996. The fourth-order valence-corrected chi connectivity index (χ4v) is 2.28. The third-order valence-corrected chi connectivity index (χ3v) is 3.35. The number of aliphatic hydroxyl groups excluding tert-OH is 2. The first kappa shape index (κ1) is 13.0. The van der Waals surface area contributed by atoms with Crippen LogP contribution in [0.4, 0.5) is 0 Å². The molecule has 1 rings (SSSR count). The van der Waals surface area contributed by atoms with Crippen LogP contribution in [0.2, 0.25) is 0 Å². The number of benzene rings is 1. The molecule has 0 heterocycles. The molecule has 4 heteroatoms. The first-order valence-electron chi connectivity index (χ1n) is 5.09. The molecule has 0 bridgehead atoms. The lowest BCUT2D eigenvalue weighted by Crippen LogP contribution is -2.15. The Morgan fingerprint density at radius 2 is 1.94 bits per heavy atom. The van der Waals surface area contributed by atoms with Crippen LogP contribution in [-0.2, 0) is 0 Å². The van der Waals surface area contributed by atoms with Crippen LogP contribution in [0.5, 0.6) is 0 Å². The third kappa shape index (κ3) is 4.23. The third-order valence-electron chi connectivity index (χ3n) is 2.16. The normalized spacial score (nSPS) is 14.1. The molecule has 2 N–H and O–H groups in total. The van der Waals surface area contributed by atoms with Gasteiger partial charge in [0.05, 0.1) is 24.7 Å². The maximum absolute atomic E-state index is 9.16. The molecule has 16 heavy (non-hydrogen) atoms. The van der Waals surface area contributed by atoms with Crippen molar-refractivity contribution in [2.45, 2.75) is 12.0 Å². The van der Waals surface area contributed by atoms with E-state index < -0.39 is 6.10 Å². The molecular formula is C12H15NO2S. The minimum atomic E-state index is -0.694. The number of hydrogen-bond acceptors (Lipinski definition) is 4. The summed E-state index contributed by atoms with van der Waals surface area (Å²) in [7, 11) is 0. The van der Waals surface area contributed by atoms with Gasteiger partial charge in [-0.15, -0.1) is 0 Å². The lowest BCUT2D eigenvalue weighted by atomic mass is 10.0. The topological polar surface area (TPSA) is 64.2 Å². The molecule has 0 saturated carbocycles. The van der Waals surface area contributed by atoms with E-state index in [1.54, 1.807) is 0 Å². The lowest BCUT2D eigenvalue weighted by molar-refractivity contribution is 0.113. The molecule has 0 amide bonds. The fraction of sp³-hybridized carbons (Fsp3) is 0.417. The molecule has 0 saturated heterocycles. The van der Waals surface area contributed by atoms with Crippen LogP contribution < -0.4 is 0 Å². The second-order valence-electron chi connectivity index (χ2n) is 3.47. The number of thioether (sulfide) groups is 1. The molecule has 0 aromatic heterocycles. The smallest absolute Gasteiger partial charge is 0.0861 e. The number of aliphatic hydroxyl groups is 2. The van der Waals surface area contributed by atoms with E-state index in [9.17, 15) is 0 Å². The lowest BCUT2D eigenvalue weighted by Gasteiger charge is -2.10. The van der Waals surface area contributed by atoms with Gasteiger partial charge in [-0.25, -0.2) is 0 Å². The minimum Gasteiger partial charge on any atom is -0.394 e. The maximum Gasteiger partial charge on any atom is 0.0861 e. The quantitative estimate of drug-likeness (QED) is 0.784. The monoisotopic (exact) mass is 237 g/mol. The number of nitriles is 1. The van der Waals surface area contributed by atoms with Crippen molar-refractivity contribution >= 4 is 11.8 Å². The van der Waals surface area contributed by atoms with Crippen molar-refractivity contribution in [2.24, 2.45) is 0 Å². The number of rotatable bonds is 6. The van der Waals surface area contributed by atoms with Crippen molar-refractivity contribution in [3.8, 4) is 6.07 Å². The first-order chi connectivity index (χ1) is 7.77. The molecule has 0 aliphatic rings. The Hall–Kier alpha value is -1.02. The SMILES string of the molecule is N#CC(CSCC(O)CO)c1ccccc1. The highest BCUT2D eigenvalue weighted by Gasteiger charge is 2.11. The van der Waals surface area contributed by atoms with Crippen LogP contribution >= 0.6 is 11.8 Å². The van der Waals surface area contributed by atoms with Crippen LogP contribution in [0.15, 0.2) is 30.3 Å². The van der Waals surface area contributed by atoms with E-state index in [4.69, 9.17) is 15.5 Å². The average Bonchev–Trinajstić information content (AvgIpc) is 2.35. The predicted molar refractivity (Wildman–Crippen MR) is 65.2 cm³/mol. The minimum absolute atomic E-state index is 0.155. The van der Waals surface area contributed by atoms with Gasteiger partial charge in [0.2, 0.25) is 0 Å². The van der Waals surface area contributed by atoms with Crippen LogP contribution in [0.25, 0.3) is 0 Å². The zero-order valence-corrected chi connectivity index (χ0v) is 9.73. The van der Waals surface area contributed by atoms with Gasteiger partial charge in [-0.1, -0.05) is 30.3 Å². The van der Waals surface area contributed by atoms with E-state index in [1.807, 2.05) is 30.3 Å². The molecular weight excluding hydrogens is 222 g/mol. The Labute approximate surface area is 99.7 Å². The molecule has 1 aromatic carbocycles. The van der Waals surface area contributed by atoms with Crippen LogP contribution in [0.3, 0.4) is 0 Å². The maximum atomic E-state index is 9.16. The van der Waals surface area contributed by atoms with Crippen molar-refractivity contribution in [2.75, 3.05) is 18.1 Å². The van der Waals surface area contributed by atoms with Crippen molar-refractivity contribution in [3.63, 3.8) is 0 Å². The van der Waals surface area contributed by atoms with E-state index in [1.165, 1.54) is 11.8 Å². The molecule has 0 aliphatic heterocycles. The Balaban J connectivity index is 2.42. The zero-order chi connectivity index (χ0) is 11.8. The second kappa shape index (κ2) is 7.29. The number of nitrogens with zero attached hydrogens (tertiary/aromatic N) is 1. The van der Waals surface area contributed by atoms with Crippen molar-refractivity contribution in [1.82, 2.24) is 0 Å². The van der Waals surface area contributed by atoms with Gasteiger partial charge in [0.1, 0.15) is 0 Å². The standard InChI is InChI=1S/C12H15NO2S/c13-6-11(8-16-9-12(15)7-14)10-4-2-1-3-5-10/h1-5,11-12,14-15H,7-9H2. The van der Waals surface area contributed by atoms with Gasteiger partial charge in [0.25, 0.3) is 0 Å². The van der Waals surface area contributed by atoms with Gasteiger partial charge in [0.15, 0.2) is 0 Å². The summed E-state index contributed by atoms with van der Waals surface area (Å²) in [4.78, 5) is 0. The second-order valence-corrected chi connectivity index (χ2v) is 4.54. The molecule has 3 nitrogen and oxygen atoms in total. The van der Waals surface area contributed by atoms with E-state index in [0.717, 1.165) is 5.56 Å². The first-order valence-corrected chi connectivity index (χ1v) is 6.24. The van der Waals surface area contributed by atoms with Gasteiger partial charge in [0, 0.05) is 11.5 Å². The average molecular weight is 237 g/mol. The van der Waals surface area contributed by atoms with Gasteiger partial charge < -0.3 is 10.2 Å². The summed E-state index contributed by atoms with van der Waals surface area (Å²) < 4.78 is 0. The highest BCUT2D eigenvalue weighted by atomic mass is 32.2. The fourth-order valence-electron chi connectivity index (χ4n) is 1.27. The van der Waals surface area contributed by atoms with Gasteiger partial charge in [-0.2, -0.15) is 17.0 Å². The van der Waals surface area contributed by atoms with E-state index in [-0.39, 0.29) is 12.5 Å². The molecule has 0 spiro atoms. The summed E-state index contributed by atoms with van der Waals surface area (Å²) >= 11 is 1.48. The Morgan fingerprint density at radius 3 is 2.50 bits per heavy atom. The molecule has 0 radical (unpaired) electrons. The van der Waals surface area contributed by atoms with Crippen molar-refractivity contribution in [3.05, 3.63) is 35.9 Å². The highest BCUT2D eigenvalue weighted by Crippen LogP contribution is 2.20. The molecule has 2 unspecified atom stereocenters. The van der Waals surface area contributed by atoms with E-state index in [0.29, 0.717) is 11.5 Å². The highest BCUT2D eigenvalue weighted by molar-refractivity contribution is 7.99. The number of hydrogen-bond donors (Lipinski definition) is 2. The molecule has 0 aliphatic carbocycles. The molecule has 2 atom stereocenters. The van der Waals surface area contributed by atoms with Gasteiger partial charge in [-0.3, -0.25) is 0 Å². The molecule has 86 valence electrons. The van der Waals surface area contributed by atoms with E-state index >= 15 is 0 Å². The van der Waals surface area contributed by atoms with Gasteiger partial charge >= 0.3 is 0 Å². The molecule has 0 fully saturated rings. The largest absolute Gasteiger partial charge is 0.394 e. The predicted octanol–water partition coefficient (Wildman–Crippen LogP) is 1.38. The van der Waals surface area contributed by atoms with Crippen molar-refractivity contribution < 1.29 is 10.2 Å². The van der Waals surface area contributed by atoms with Gasteiger partial charge in [-0.05, 0) is 5.56 Å². The van der Waals surface area contributed by atoms with Crippen LogP contribution in [0, 0.1) is 11.3 Å². The Bertz CT molecular complexity index is 337. The summed E-state index contributed by atoms with van der Waals surface area (Å²) in [5, 5.41) is 26.8.